The van der Waals surface area contributed by atoms with Crippen LogP contribution >= 0.6 is 15.9 Å². The number of hydrogen-bond acceptors (Lipinski definition) is 4. The monoisotopic (exact) mass is 373 g/mol. The van der Waals surface area contributed by atoms with Crippen LogP contribution in [0.2, 0.25) is 0 Å². The van der Waals surface area contributed by atoms with Gasteiger partial charge in [-0.25, -0.2) is 17.9 Å². The lowest BCUT2D eigenvalue weighted by molar-refractivity contribution is 0.0539. The third kappa shape index (κ3) is 4.39. The lowest BCUT2D eigenvalue weighted by Gasteiger charge is -2.09. The van der Waals surface area contributed by atoms with Crippen LogP contribution < -0.4 is 4.72 Å². The Labute approximate surface area is 132 Å². The molecule has 1 aliphatic carbocycles. The van der Waals surface area contributed by atoms with Crippen LogP contribution in [0, 0.1) is 0 Å². The number of benzene rings is 1. The number of nitrogens with one attached hydrogen (secondary N) is 1. The van der Waals surface area contributed by atoms with Crippen LogP contribution in [0.5, 0.6) is 0 Å². The van der Waals surface area contributed by atoms with Gasteiger partial charge in [-0.3, -0.25) is 0 Å². The van der Waals surface area contributed by atoms with Crippen molar-refractivity contribution >= 4 is 31.9 Å². The van der Waals surface area contributed by atoms with Crippen LogP contribution in [-0.2, 0) is 14.8 Å². The molecule has 0 aromatic heterocycles. The first-order valence-electron chi connectivity index (χ1n) is 6.43. The average molecular weight is 374 g/mol. The van der Waals surface area contributed by atoms with Crippen molar-refractivity contribution in [3.63, 3.8) is 0 Å². The molecule has 0 atom stereocenters. The van der Waals surface area contributed by atoms with Crippen molar-refractivity contribution in [2.24, 2.45) is 0 Å². The Balaban J connectivity index is 2.24. The molecule has 0 spiro atoms. The minimum absolute atomic E-state index is 0.0115. The molecular weight excluding hydrogens is 358 g/mol. The molecule has 0 heterocycles. The van der Waals surface area contributed by atoms with Crippen LogP contribution in [0.15, 0.2) is 39.7 Å². The standard InChI is InChI=1S/C14H16BrNO4S/c1-9(2)8-20-14(17)12-7-11(5-6-13(12)15)21(18,19)16-10-3-4-10/h5-7,10,16H,1,3-4,8H2,2H3. The molecule has 0 aliphatic heterocycles. The topological polar surface area (TPSA) is 72.5 Å². The maximum absolute atomic E-state index is 12.1. The molecule has 1 aromatic rings. The first-order chi connectivity index (χ1) is 9.79. The van der Waals surface area contributed by atoms with E-state index in [1.54, 1.807) is 6.92 Å². The van der Waals surface area contributed by atoms with E-state index in [4.69, 9.17) is 4.74 Å². The van der Waals surface area contributed by atoms with Crippen molar-refractivity contribution < 1.29 is 17.9 Å². The zero-order valence-electron chi connectivity index (χ0n) is 11.6. The molecule has 114 valence electrons. The zero-order valence-corrected chi connectivity index (χ0v) is 14.0. The number of sulfonamides is 1. The molecule has 1 fully saturated rings. The van der Waals surface area contributed by atoms with Gasteiger partial charge in [0.2, 0.25) is 10.0 Å². The Morgan fingerprint density at radius 1 is 1.48 bits per heavy atom. The normalized spacial score (nSPS) is 14.8. The van der Waals surface area contributed by atoms with Gasteiger partial charge in [0.15, 0.2) is 0 Å². The highest BCUT2D eigenvalue weighted by molar-refractivity contribution is 9.10. The van der Waals surface area contributed by atoms with E-state index in [-0.39, 0.29) is 23.1 Å². The van der Waals surface area contributed by atoms with E-state index in [0.29, 0.717) is 10.0 Å². The maximum Gasteiger partial charge on any atom is 0.339 e. The number of carbonyl (C=O) groups is 1. The zero-order chi connectivity index (χ0) is 15.6. The molecule has 1 aromatic carbocycles. The summed E-state index contributed by atoms with van der Waals surface area (Å²) in [4.78, 5) is 12.0. The van der Waals surface area contributed by atoms with Crippen LogP contribution in [0.1, 0.15) is 30.1 Å². The van der Waals surface area contributed by atoms with Crippen molar-refractivity contribution in [1.29, 1.82) is 0 Å². The molecule has 2 rings (SSSR count). The van der Waals surface area contributed by atoms with Gasteiger partial charge >= 0.3 is 5.97 Å². The van der Waals surface area contributed by atoms with Gasteiger partial charge < -0.3 is 4.74 Å². The van der Waals surface area contributed by atoms with Crippen molar-refractivity contribution in [3.8, 4) is 0 Å². The summed E-state index contributed by atoms with van der Waals surface area (Å²) in [5.74, 6) is -0.589. The highest BCUT2D eigenvalue weighted by Crippen LogP contribution is 2.25. The van der Waals surface area contributed by atoms with Gasteiger partial charge in [-0.15, -0.1) is 0 Å². The lowest BCUT2D eigenvalue weighted by atomic mass is 10.2. The number of ether oxygens (including phenoxy) is 1. The van der Waals surface area contributed by atoms with E-state index in [2.05, 4.69) is 27.2 Å². The third-order valence-electron chi connectivity index (χ3n) is 2.82. The van der Waals surface area contributed by atoms with Gasteiger partial charge in [0.25, 0.3) is 0 Å². The summed E-state index contributed by atoms with van der Waals surface area (Å²) < 4.78 is 32.4. The number of rotatable bonds is 6. The predicted octanol–water partition coefficient (Wildman–Crippen LogP) is 2.62. The van der Waals surface area contributed by atoms with E-state index in [1.807, 2.05) is 0 Å². The molecule has 1 N–H and O–H groups in total. The third-order valence-corrected chi connectivity index (χ3v) is 5.03. The van der Waals surface area contributed by atoms with Crippen LogP contribution in [0.4, 0.5) is 0 Å². The molecule has 0 bridgehead atoms. The maximum atomic E-state index is 12.1. The van der Waals surface area contributed by atoms with Crippen LogP contribution in [0.3, 0.4) is 0 Å². The minimum Gasteiger partial charge on any atom is -0.458 e. The smallest absolute Gasteiger partial charge is 0.339 e. The van der Waals surface area contributed by atoms with E-state index in [0.717, 1.165) is 12.8 Å². The van der Waals surface area contributed by atoms with Crippen molar-refractivity contribution in [2.75, 3.05) is 6.61 Å². The number of esters is 1. The summed E-state index contributed by atoms with van der Waals surface area (Å²) in [5.41, 5.74) is 0.883. The number of halogens is 1. The van der Waals surface area contributed by atoms with E-state index < -0.39 is 16.0 Å². The van der Waals surface area contributed by atoms with Gasteiger partial charge in [-0.05, 0) is 59.5 Å². The minimum atomic E-state index is -3.60. The van der Waals surface area contributed by atoms with Crippen LogP contribution in [-0.4, -0.2) is 27.0 Å². The fourth-order valence-corrected chi connectivity index (χ4v) is 3.32. The average Bonchev–Trinajstić information content (AvgIpc) is 3.19. The van der Waals surface area contributed by atoms with E-state index in [1.165, 1.54) is 18.2 Å². The summed E-state index contributed by atoms with van der Waals surface area (Å²) in [6.45, 7) is 5.48. The van der Waals surface area contributed by atoms with Crippen molar-refractivity contribution in [2.45, 2.75) is 30.7 Å². The summed E-state index contributed by atoms with van der Waals surface area (Å²) in [6, 6.07) is 4.30. The molecule has 0 amide bonds. The highest BCUT2D eigenvalue weighted by atomic mass is 79.9. The quantitative estimate of drug-likeness (QED) is 0.614. The lowest BCUT2D eigenvalue weighted by Crippen LogP contribution is -2.26. The summed E-state index contributed by atoms with van der Waals surface area (Å²) >= 11 is 3.23. The van der Waals surface area contributed by atoms with Gasteiger partial charge in [-0.2, -0.15) is 0 Å². The fraction of sp³-hybridized carbons (Fsp3) is 0.357. The summed E-state index contributed by atoms with van der Waals surface area (Å²) in [7, 11) is -3.60. The van der Waals surface area contributed by atoms with E-state index in [9.17, 15) is 13.2 Å². The Hall–Kier alpha value is -1.18. The van der Waals surface area contributed by atoms with Crippen molar-refractivity contribution in [3.05, 3.63) is 40.4 Å². The van der Waals surface area contributed by atoms with Crippen LogP contribution in [0.25, 0.3) is 0 Å². The van der Waals surface area contributed by atoms with E-state index >= 15 is 0 Å². The molecule has 1 aliphatic rings. The molecule has 7 heteroatoms. The molecule has 21 heavy (non-hydrogen) atoms. The Bertz CT molecular complexity index is 680. The predicted molar refractivity (Wildman–Crippen MR) is 82.6 cm³/mol. The van der Waals surface area contributed by atoms with Gasteiger partial charge in [0.1, 0.15) is 6.61 Å². The second-order valence-electron chi connectivity index (χ2n) is 5.07. The highest BCUT2D eigenvalue weighted by Gasteiger charge is 2.28. The SMILES string of the molecule is C=C(C)COC(=O)c1cc(S(=O)(=O)NC2CC2)ccc1Br. The molecule has 5 nitrogen and oxygen atoms in total. The first-order valence-corrected chi connectivity index (χ1v) is 8.70. The molecule has 0 radical (unpaired) electrons. The molecular formula is C14H16BrNO4S. The Morgan fingerprint density at radius 3 is 2.71 bits per heavy atom. The largest absolute Gasteiger partial charge is 0.458 e. The molecule has 1 saturated carbocycles. The van der Waals surface area contributed by atoms with Gasteiger partial charge in [-0.1, -0.05) is 6.58 Å². The summed E-state index contributed by atoms with van der Waals surface area (Å²) in [6.07, 6.45) is 1.70. The van der Waals surface area contributed by atoms with Crippen molar-refractivity contribution in [1.82, 2.24) is 4.72 Å². The molecule has 0 saturated heterocycles. The fourth-order valence-electron chi connectivity index (χ4n) is 1.58. The second kappa shape index (κ2) is 6.29. The van der Waals surface area contributed by atoms with Gasteiger partial charge in [0.05, 0.1) is 10.5 Å². The Morgan fingerprint density at radius 2 is 2.14 bits per heavy atom. The van der Waals surface area contributed by atoms with Gasteiger partial charge in [0, 0.05) is 10.5 Å². The summed E-state index contributed by atoms with van der Waals surface area (Å²) in [5, 5.41) is 0. The number of carbonyl (C=O) groups excluding carboxylic acids is 1. The Kier molecular flexibility index (Phi) is 4.85. The first kappa shape index (κ1) is 16.2. The molecule has 0 unspecified atom stereocenters. The second-order valence-corrected chi connectivity index (χ2v) is 7.64. The number of hydrogen-bond donors (Lipinski definition) is 1.